The van der Waals surface area contributed by atoms with E-state index in [0.29, 0.717) is 5.56 Å². The molecule has 3 nitrogen and oxygen atoms in total. The van der Waals surface area contributed by atoms with Gasteiger partial charge < -0.3 is 0 Å². The lowest BCUT2D eigenvalue weighted by molar-refractivity contribution is 0.101. The quantitative estimate of drug-likeness (QED) is 0.508. The maximum atomic E-state index is 10.9. The van der Waals surface area contributed by atoms with Gasteiger partial charge in [-0.25, -0.2) is 0 Å². The number of Topliss-reactive ketones (excluding diaryl/α,β-unsaturated/α-hetero) is 1. The number of rotatable bonds is 2. The summed E-state index contributed by atoms with van der Waals surface area (Å²) in [5.74, 6) is 0.0325. The van der Waals surface area contributed by atoms with Crippen LogP contribution in [0.25, 0.3) is 0 Å². The van der Waals surface area contributed by atoms with Crippen molar-refractivity contribution in [1.29, 1.82) is 0 Å². The normalized spacial score (nSPS) is 11.5. The molecule has 0 saturated carbocycles. The average molecular weight is 176 g/mol. The molecule has 1 heterocycles. The van der Waals surface area contributed by atoms with E-state index in [-0.39, 0.29) is 5.78 Å². The van der Waals surface area contributed by atoms with Crippen LogP contribution >= 0.6 is 0 Å². The molecule has 1 rings (SSSR count). The van der Waals surface area contributed by atoms with Gasteiger partial charge in [-0.1, -0.05) is 0 Å². The van der Waals surface area contributed by atoms with Crippen molar-refractivity contribution < 1.29 is 4.79 Å². The molecule has 0 unspecified atom stereocenters. The van der Waals surface area contributed by atoms with Crippen LogP contribution in [0.4, 0.5) is 0 Å². The summed E-state index contributed by atoms with van der Waals surface area (Å²) in [4.78, 5) is 19.0. The molecular weight excluding hydrogens is 164 g/mol. The van der Waals surface area contributed by atoms with E-state index in [1.54, 1.807) is 25.4 Å². The molecule has 1 aromatic heterocycles. The number of nitrogens with zero attached hydrogens (tertiary/aromatic N) is 2. The summed E-state index contributed by atoms with van der Waals surface area (Å²) in [5, 5.41) is 0. The molecule has 3 heteroatoms. The molecule has 0 fully saturated rings. The van der Waals surface area contributed by atoms with E-state index in [1.165, 1.54) is 6.92 Å². The van der Waals surface area contributed by atoms with Crippen LogP contribution in [0.5, 0.6) is 0 Å². The summed E-state index contributed by atoms with van der Waals surface area (Å²) in [5.41, 5.74) is 2.32. The summed E-state index contributed by atoms with van der Waals surface area (Å²) in [6, 6.07) is 3.57. The third kappa shape index (κ3) is 2.21. The van der Waals surface area contributed by atoms with Crippen molar-refractivity contribution in [2.45, 2.75) is 13.8 Å². The lowest BCUT2D eigenvalue weighted by atomic mass is 10.2. The zero-order valence-electron chi connectivity index (χ0n) is 8.03. The molecule has 0 N–H and O–H groups in total. The summed E-state index contributed by atoms with van der Waals surface area (Å²) in [6.07, 6.45) is 1.58. The van der Waals surface area contributed by atoms with Crippen molar-refractivity contribution in [2.75, 3.05) is 7.05 Å². The monoisotopic (exact) mass is 176 g/mol. The molecule has 0 aliphatic rings. The fraction of sp³-hybridized carbons (Fsp3) is 0.300. The van der Waals surface area contributed by atoms with Crippen LogP contribution in [-0.2, 0) is 0 Å². The summed E-state index contributed by atoms with van der Waals surface area (Å²) in [7, 11) is 1.72. The number of hydrogen-bond donors (Lipinski definition) is 0. The van der Waals surface area contributed by atoms with Crippen LogP contribution in [0, 0.1) is 0 Å². The van der Waals surface area contributed by atoms with Crippen LogP contribution in [-0.4, -0.2) is 23.5 Å². The Morgan fingerprint density at radius 3 is 2.46 bits per heavy atom. The minimum absolute atomic E-state index is 0.0325. The van der Waals surface area contributed by atoms with Crippen LogP contribution in [0.1, 0.15) is 29.9 Å². The Hall–Kier alpha value is -1.51. The van der Waals surface area contributed by atoms with Crippen molar-refractivity contribution in [3.05, 3.63) is 29.6 Å². The summed E-state index contributed by atoms with van der Waals surface area (Å²) >= 11 is 0. The first-order valence-corrected chi connectivity index (χ1v) is 4.06. The van der Waals surface area contributed by atoms with Gasteiger partial charge in [0.05, 0.1) is 11.4 Å². The van der Waals surface area contributed by atoms with Gasteiger partial charge >= 0.3 is 0 Å². The van der Waals surface area contributed by atoms with E-state index in [9.17, 15) is 4.79 Å². The third-order valence-electron chi connectivity index (χ3n) is 1.88. The second-order valence-electron chi connectivity index (χ2n) is 2.80. The predicted octanol–water partition coefficient (Wildman–Crippen LogP) is 1.72. The van der Waals surface area contributed by atoms with Crippen LogP contribution in [0.2, 0.25) is 0 Å². The summed E-state index contributed by atoms with van der Waals surface area (Å²) in [6.45, 7) is 3.41. The lowest BCUT2D eigenvalue weighted by Crippen LogP contribution is -2.00. The van der Waals surface area contributed by atoms with Gasteiger partial charge in [0.25, 0.3) is 0 Å². The number of aromatic nitrogens is 1. The fourth-order valence-electron chi connectivity index (χ4n) is 0.931. The Labute approximate surface area is 77.5 Å². The van der Waals surface area contributed by atoms with Crippen molar-refractivity contribution in [1.82, 2.24) is 4.98 Å². The highest BCUT2D eigenvalue weighted by molar-refractivity contribution is 5.98. The minimum Gasteiger partial charge on any atom is -0.294 e. The van der Waals surface area contributed by atoms with Crippen molar-refractivity contribution >= 4 is 11.5 Å². The number of carbonyl (C=O) groups is 1. The first kappa shape index (κ1) is 9.58. The second kappa shape index (κ2) is 3.94. The first-order chi connectivity index (χ1) is 6.15. The minimum atomic E-state index is 0.0325. The van der Waals surface area contributed by atoms with Crippen molar-refractivity contribution in [2.24, 2.45) is 4.99 Å². The van der Waals surface area contributed by atoms with Crippen LogP contribution < -0.4 is 0 Å². The molecule has 0 aliphatic heterocycles. The molecule has 0 spiro atoms. The van der Waals surface area contributed by atoms with Crippen LogP contribution in [0.3, 0.4) is 0 Å². The van der Waals surface area contributed by atoms with E-state index in [1.807, 2.05) is 6.92 Å². The second-order valence-corrected chi connectivity index (χ2v) is 2.80. The van der Waals surface area contributed by atoms with Gasteiger partial charge in [0.15, 0.2) is 5.78 Å². The zero-order chi connectivity index (χ0) is 9.84. The molecule has 0 aliphatic carbocycles. The number of pyridine rings is 1. The van der Waals surface area contributed by atoms with E-state index in [2.05, 4.69) is 9.98 Å². The predicted molar refractivity (Wildman–Crippen MR) is 52.4 cm³/mol. The Morgan fingerprint density at radius 1 is 1.38 bits per heavy atom. The van der Waals surface area contributed by atoms with Crippen molar-refractivity contribution in [3.8, 4) is 0 Å². The Kier molecular flexibility index (Phi) is 2.90. The lowest BCUT2D eigenvalue weighted by Gasteiger charge is -1.99. The van der Waals surface area contributed by atoms with E-state index in [0.717, 1.165) is 11.4 Å². The molecule has 13 heavy (non-hydrogen) atoms. The molecule has 68 valence electrons. The molecule has 0 bridgehead atoms. The summed E-state index contributed by atoms with van der Waals surface area (Å²) < 4.78 is 0. The van der Waals surface area contributed by atoms with Gasteiger partial charge in [-0.2, -0.15) is 0 Å². The largest absolute Gasteiger partial charge is 0.294 e. The zero-order valence-corrected chi connectivity index (χ0v) is 8.03. The van der Waals surface area contributed by atoms with Gasteiger partial charge in [0.1, 0.15) is 0 Å². The molecule has 0 saturated heterocycles. The Morgan fingerprint density at radius 2 is 2.08 bits per heavy atom. The highest BCUT2D eigenvalue weighted by atomic mass is 16.1. The van der Waals surface area contributed by atoms with Crippen LogP contribution in [0.15, 0.2) is 23.3 Å². The van der Waals surface area contributed by atoms with E-state index in [4.69, 9.17) is 0 Å². The van der Waals surface area contributed by atoms with Gasteiger partial charge in [-0.15, -0.1) is 0 Å². The van der Waals surface area contributed by atoms with Gasteiger partial charge in [0.2, 0.25) is 0 Å². The topological polar surface area (TPSA) is 42.3 Å². The average Bonchev–Trinajstić information content (AvgIpc) is 2.17. The number of aliphatic imine (C=N–C) groups is 1. The van der Waals surface area contributed by atoms with Crippen molar-refractivity contribution in [3.63, 3.8) is 0 Å². The molecule has 0 amide bonds. The molecule has 0 aromatic carbocycles. The molecule has 1 aromatic rings. The van der Waals surface area contributed by atoms with Gasteiger partial charge in [-0.3, -0.25) is 14.8 Å². The van der Waals surface area contributed by atoms with E-state index < -0.39 is 0 Å². The third-order valence-corrected chi connectivity index (χ3v) is 1.88. The number of carbonyl (C=O) groups excluding carboxylic acids is 1. The standard InChI is InChI=1S/C10H12N2O/c1-7(11-3)10-5-4-9(6-12-10)8(2)13/h4-6H,1-3H3. The fourth-order valence-corrected chi connectivity index (χ4v) is 0.931. The van der Waals surface area contributed by atoms with Gasteiger partial charge in [-0.05, 0) is 26.0 Å². The Balaban J connectivity index is 3.00. The molecule has 0 radical (unpaired) electrons. The smallest absolute Gasteiger partial charge is 0.161 e. The molecule has 0 atom stereocenters. The Bertz CT molecular complexity index is 338. The SMILES string of the molecule is CN=C(C)c1ccc(C(C)=O)cn1. The maximum absolute atomic E-state index is 10.9. The number of hydrogen-bond acceptors (Lipinski definition) is 3. The highest BCUT2D eigenvalue weighted by Gasteiger charge is 2.01. The first-order valence-electron chi connectivity index (χ1n) is 4.06. The molecular formula is C10H12N2O. The maximum Gasteiger partial charge on any atom is 0.161 e. The number of ketones is 1. The van der Waals surface area contributed by atoms with Gasteiger partial charge in [0, 0.05) is 18.8 Å². The van der Waals surface area contributed by atoms with E-state index >= 15 is 0 Å². The highest BCUT2D eigenvalue weighted by Crippen LogP contribution is 2.02.